The Balaban J connectivity index is 3.02. The molecular weight excluding hydrogens is 152 g/mol. The number of nitrogens with one attached hydrogen (secondary N) is 1. The van der Waals surface area contributed by atoms with Crippen LogP contribution in [0.1, 0.15) is 0 Å². The summed E-state index contributed by atoms with van der Waals surface area (Å²) in [7, 11) is 0. The summed E-state index contributed by atoms with van der Waals surface area (Å²) in [6.07, 6.45) is 1.97. The minimum Gasteiger partial charge on any atom is -0.267 e. The second-order valence-corrected chi connectivity index (χ2v) is 2.73. The first kappa shape index (κ1) is 6.77. The molecule has 0 saturated carbocycles. The van der Waals surface area contributed by atoms with Crippen molar-refractivity contribution in [3.8, 4) is 0 Å². The average Bonchev–Trinajstić information content (AvgIpc) is 1.90. The smallest absolute Gasteiger partial charge is 0.119 e. The number of rotatable bonds is 1. The third-order valence-corrected chi connectivity index (χ3v) is 1.74. The molecule has 0 spiro atoms. The van der Waals surface area contributed by atoms with Crippen LogP contribution in [0.15, 0.2) is 17.2 Å². The third-order valence-electron chi connectivity index (χ3n) is 0.863. The molecule has 2 nitrogen and oxygen atoms in total. The van der Waals surface area contributed by atoms with E-state index in [1.54, 1.807) is 11.8 Å². The molecule has 0 atom stereocenters. The van der Waals surface area contributed by atoms with Gasteiger partial charge >= 0.3 is 0 Å². The number of aromatic nitrogens is 2. The molecule has 0 unspecified atom stereocenters. The highest BCUT2D eigenvalue weighted by atomic mass is 32.2. The molecule has 1 heterocycles. The number of H-pyrrole nitrogens is 1. The maximum Gasteiger partial charge on any atom is 0.119 e. The number of hydrogen-bond acceptors (Lipinski definition) is 3. The van der Waals surface area contributed by atoms with Gasteiger partial charge in [-0.25, -0.2) is 0 Å². The van der Waals surface area contributed by atoms with Gasteiger partial charge in [0.05, 0.1) is 0 Å². The molecule has 1 aromatic heterocycles. The number of aromatic amines is 1. The third kappa shape index (κ3) is 1.80. The van der Waals surface area contributed by atoms with Gasteiger partial charge in [0.25, 0.3) is 0 Å². The van der Waals surface area contributed by atoms with Crippen LogP contribution in [0.3, 0.4) is 0 Å². The van der Waals surface area contributed by atoms with E-state index in [-0.39, 0.29) is 0 Å². The van der Waals surface area contributed by atoms with Crippen molar-refractivity contribution in [2.24, 2.45) is 0 Å². The van der Waals surface area contributed by atoms with Crippen LogP contribution in [0.4, 0.5) is 0 Å². The van der Waals surface area contributed by atoms with Crippen molar-refractivity contribution in [3.05, 3.63) is 16.8 Å². The average molecular weight is 158 g/mol. The van der Waals surface area contributed by atoms with Crippen LogP contribution in [-0.2, 0) is 0 Å². The van der Waals surface area contributed by atoms with Crippen molar-refractivity contribution in [2.75, 3.05) is 6.26 Å². The molecule has 1 aromatic rings. The summed E-state index contributed by atoms with van der Waals surface area (Å²) in [5, 5.41) is 7.59. The Morgan fingerprint density at radius 3 is 2.89 bits per heavy atom. The highest BCUT2D eigenvalue weighted by Crippen LogP contribution is 2.07. The van der Waals surface area contributed by atoms with E-state index >= 15 is 0 Å². The summed E-state index contributed by atoms with van der Waals surface area (Å²) in [5.74, 6) is 0. The molecule has 0 fully saturated rings. The van der Waals surface area contributed by atoms with E-state index in [1.165, 1.54) is 0 Å². The maximum absolute atomic E-state index is 4.79. The zero-order valence-corrected chi connectivity index (χ0v) is 6.55. The fraction of sp³-hybridized carbons (Fsp3) is 0.200. The Morgan fingerprint density at radius 2 is 2.44 bits per heavy atom. The zero-order chi connectivity index (χ0) is 6.69. The summed E-state index contributed by atoms with van der Waals surface area (Å²) in [6, 6.07) is 3.72. The van der Waals surface area contributed by atoms with E-state index in [4.69, 9.17) is 12.2 Å². The molecule has 9 heavy (non-hydrogen) atoms. The van der Waals surface area contributed by atoms with Crippen molar-refractivity contribution in [1.29, 1.82) is 0 Å². The van der Waals surface area contributed by atoms with Gasteiger partial charge in [-0.15, -0.1) is 11.8 Å². The van der Waals surface area contributed by atoms with Crippen molar-refractivity contribution >= 4 is 24.0 Å². The molecule has 1 rings (SSSR count). The molecule has 0 saturated heterocycles. The normalized spacial score (nSPS) is 9.44. The van der Waals surface area contributed by atoms with Gasteiger partial charge in [0.15, 0.2) is 0 Å². The van der Waals surface area contributed by atoms with Gasteiger partial charge in [-0.2, -0.15) is 5.10 Å². The number of hydrogen-bond donors (Lipinski definition) is 1. The topological polar surface area (TPSA) is 28.7 Å². The fourth-order valence-corrected chi connectivity index (χ4v) is 0.900. The minimum atomic E-state index is 0.674. The number of thioether (sulfide) groups is 1. The van der Waals surface area contributed by atoms with Gasteiger partial charge in [0, 0.05) is 0 Å². The molecule has 0 aromatic carbocycles. The summed E-state index contributed by atoms with van der Waals surface area (Å²) in [4.78, 5) is 0. The zero-order valence-electron chi connectivity index (χ0n) is 4.92. The predicted octanol–water partition coefficient (Wildman–Crippen LogP) is 1.86. The number of nitrogens with zero attached hydrogens (tertiary/aromatic N) is 1. The van der Waals surface area contributed by atoms with Crippen LogP contribution >= 0.6 is 24.0 Å². The summed E-state index contributed by atoms with van der Waals surface area (Å²) >= 11 is 6.38. The highest BCUT2D eigenvalue weighted by Gasteiger charge is 1.85. The van der Waals surface area contributed by atoms with Crippen LogP contribution in [0, 0.1) is 4.64 Å². The van der Waals surface area contributed by atoms with Crippen molar-refractivity contribution in [2.45, 2.75) is 5.03 Å². The lowest BCUT2D eigenvalue weighted by molar-refractivity contribution is 0.920. The first-order valence-corrected chi connectivity index (χ1v) is 4.06. The first-order chi connectivity index (χ1) is 4.33. The molecule has 0 radical (unpaired) electrons. The Morgan fingerprint density at radius 1 is 1.67 bits per heavy atom. The van der Waals surface area contributed by atoms with E-state index in [2.05, 4.69) is 10.2 Å². The van der Waals surface area contributed by atoms with Gasteiger partial charge in [-0.05, 0) is 18.4 Å². The van der Waals surface area contributed by atoms with Gasteiger partial charge in [-0.1, -0.05) is 12.2 Å². The minimum absolute atomic E-state index is 0.674. The summed E-state index contributed by atoms with van der Waals surface area (Å²) in [5.41, 5.74) is 0. The van der Waals surface area contributed by atoms with Crippen molar-refractivity contribution in [3.63, 3.8) is 0 Å². The SMILES string of the molecule is CSc1ccc(=S)[nH]n1. The first-order valence-electron chi connectivity index (χ1n) is 2.42. The lowest BCUT2D eigenvalue weighted by atomic mass is 10.6. The Bertz CT molecular complexity index is 222. The second kappa shape index (κ2) is 2.98. The van der Waals surface area contributed by atoms with E-state index in [1.807, 2.05) is 18.4 Å². The highest BCUT2D eigenvalue weighted by molar-refractivity contribution is 7.98. The van der Waals surface area contributed by atoms with Gasteiger partial charge in [-0.3, -0.25) is 5.10 Å². The van der Waals surface area contributed by atoms with Crippen LogP contribution in [0.5, 0.6) is 0 Å². The standard InChI is InChI=1S/C5H6N2S2/c1-9-5-3-2-4(8)6-7-5/h2-3H,1H3,(H,6,8). The van der Waals surface area contributed by atoms with Gasteiger partial charge < -0.3 is 0 Å². The largest absolute Gasteiger partial charge is 0.267 e. The Labute approximate surface area is 62.7 Å². The van der Waals surface area contributed by atoms with E-state index in [0.717, 1.165) is 5.03 Å². The second-order valence-electron chi connectivity index (χ2n) is 1.46. The molecule has 4 heteroatoms. The molecule has 0 aliphatic rings. The van der Waals surface area contributed by atoms with Crippen molar-refractivity contribution < 1.29 is 0 Å². The molecule has 48 valence electrons. The van der Waals surface area contributed by atoms with Crippen molar-refractivity contribution in [1.82, 2.24) is 10.2 Å². The van der Waals surface area contributed by atoms with Crippen LogP contribution < -0.4 is 0 Å². The molecular formula is C5H6N2S2. The summed E-state index contributed by atoms with van der Waals surface area (Å²) in [6.45, 7) is 0. The van der Waals surface area contributed by atoms with E-state index in [0.29, 0.717) is 4.64 Å². The molecule has 0 aliphatic heterocycles. The lowest BCUT2D eigenvalue weighted by Crippen LogP contribution is -1.81. The lowest BCUT2D eigenvalue weighted by Gasteiger charge is -1.89. The van der Waals surface area contributed by atoms with Crippen LogP contribution in [0.2, 0.25) is 0 Å². The van der Waals surface area contributed by atoms with Gasteiger partial charge in [0.2, 0.25) is 0 Å². The Kier molecular flexibility index (Phi) is 2.24. The van der Waals surface area contributed by atoms with E-state index in [9.17, 15) is 0 Å². The fourth-order valence-electron chi connectivity index (χ4n) is 0.445. The van der Waals surface area contributed by atoms with Gasteiger partial charge in [0.1, 0.15) is 9.67 Å². The molecule has 0 aliphatic carbocycles. The van der Waals surface area contributed by atoms with Crippen LogP contribution in [-0.4, -0.2) is 16.5 Å². The predicted molar refractivity (Wildman–Crippen MR) is 41.2 cm³/mol. The Hall–Kier alpha value is -0.350. The molecule has 0 bridgehead atoms. The summed E-state index contributed by atoms with van der Waals surface area (Å²) < 4.78 is 0.674. The molecule has 0 amide bonds. The maximum atomic E-state index is 4.79. The molecule has 1 N–H and O–H groups in total. The quantitative estimate of drug-likeness (QED) is 0.499. The monoisotopic (exact) mass is 158 g/mol. The van der Waals surface area contributed by atoms with E-state index < -0.39 is 0 Å². The van der Waals surface area contributed by atoms with Crippen LogP contribution in [0.25, 0.3) is 0 Å².